The van der Waals surface area contributed by atoms with Crippen LogP contribution in [-0.4, -0.2) is 46.7 Å². The van der Waals surface area contributed by atoms with Crippen LogP contribution in [0.2, 0.25) is 0 Å². The fourth-order valence-electron chi connectivity index (χ4n) is 4.53. The van der Waals surface area contributed by atoms with Crippen LogP contribution in [0.1, 0.15) is 35.4 Å². The van der Waals surface area contributed by atoms with Crippen molar-refractivity contribution in [2.24, 2.45) is 5.92 Å². The topological polar surface area (TPSA) is 58.4 Å². The van der Waals surface area contributed by atoms with Gasteiger partial charge in [0.1, 0.15) is 5.82 Å². The molecule has 0 amide bonds. The Morgan fingerprint density at radius 3 is 2.52 bits per heavy atom. The molecule has 1 saturated carbocycles. The molecule has 0 unspecified atom stereocenters. The number of nitrogens with zero attached hydrogens (tertiary/aromatic N) is 4. The van der Waals surface area contributed by atoms with Crippen LogP contribution in [-0.2, 0) is 36.1 Å². The zero-order valence-corrected chi connectivity index (χ0v) is 19.6. The van der Waals surface area contributed by atoms with Crippen molar-refractivity contribution in [3.8, 4) is 5.69 Å². The fourth-order valence-corrected chi connectivity index (χ4v) is 5.37. The highest BCUT2D eigenvalue weighted by molar-refractivity contribution is 7.88. The van der Waals surface area contributed by atoms with Crippen LogP contribution in [0.3, 0.4) is 0 Å². The van der Waals surface area contributed by atoms with Crippen molar-refractivity contribution in [3.05, 3.63) is 82.9 Å². The van der Waals surface area contributed by atoms with Crippen molar-refractivity contribution >= 4 is 10.0 Å². The number of benzene rings is 2. The molecule has 2 aliphatic rings. The summed E-state index contributed by atoms with van der Waals surface area (Å²) in [5, 5.41) is 4.91. The maximum atomic E-state index is 14.3. The average molecular weight is 469 g/mol. The van der Waals surface area contributed by atoms with E-state index in [1.807, 2.05) is 47.1 Å². The van der Waals surface area contributed by atoms with E-state index in [9.17, 15) is 12.8 Å². The predicted octanol–water partition coefficient (Wildman–Crippen LogP) is 3.74. The summed E-state index contributed by atoms with van der Waals surface area (Å²) in [6.07, 6.45) is 4.21. The normalized spacial score (nSPS) is 16.8. The predicted molar refractivity (Wildman–Crippen MR) is 126 cm³/mol. The van der Waals surface area contributed by atoms with Crippen LogP contribution in [0, 0.1) is 11.7 Å². The lowest BCUT2D eigenvalue weighted by atomic mass is 10.0. The van der Waals surface area contributed by atoms with Crippen LogP contribution in [0.15, 0.2) is 54.6 Å². The lowest BCUT2D eigenvalue weighted by Crippen LogP contribution is -2.34. The van der Waals surface area contributed by atoms with Crippen molar-refractivity contribution in [1.82, 2.24) is 19.0 Å². The summed E-state index contributed by atoms with van der Waals surface area (Å²) in [7, 11) is -3.35. The molecule has 1 aliphatic heterocycles. The van der Waals surface area contributed by atoms with Gasteiger partial charge in [0, 0.05) is 43.7 Å². The van der Waals surface area contributed by atoms with Crippen molar-refractivity contribution in [1.29, 1.82) is 0 Å². The van der Waals surface area contributed by atoms with Gasteiger partial charge in [0.25, 0.3) is 0 Å². The number of fused-ring (bicyclic) bond motifs is 1. The Kier molecular flexibility index (Phi) is 6.07. The molecule has 6 nitrogen and oxygen atoms in total. The molecule has 1 aromatic heterocycles. The van der Waals surface area contributed by atoms with E-state index in [0.717, 1.165) is 48.4 Å². The molecule has 174 valence electrons. The zero-order valence-electron chi connectivity index (χ0n) is 18.8. The molecular formula is C25H29FN4O2S. The molecule has 0 atom stereocenters. The lowest BCUT2D eigenvalue weighted by Gasteiger charge is -2.28. The van der Waals surface area contributed by atoms with Gasteiger partial charge < -0.3 is 0 Å². The maximum absolute atomic E-state index is 14.3. The number of aromatic nitrogens is 2. The summed E-state index contributed by atoms with van der Waals surface area (Å²) >= 11 is 0. The van der Waals surface area contributed by atoms with Gasteiger partial charge in [-0.1, -0.05) is 36.4 Å². The van der Waals surface area contributed by atoms with Gasteiger partial charge in [-0.3, -0.25) is 4.90 Å². The van der Waals surface area contributed by atoms with Crippen molar-refractivity contribution in [2.45, 2.75) is 38.9 Å². The summed E-state index contributed by atoms with van der Waals surface area (Å²) in [6.45, 7) is 2.74. The number of hydrogen-bond donors (Lipinski definition) is 0. The molecule has 1 aliphatic carbocycles. The first-order valence-electron chi connectivity index (χ1n) is 11.4. The van der Waals surface area contributed by atoms with Crippen LogP contribution in [0.25, 0.3) is 5.69 Å². The van der Waals surface area contributed by atoms with Gasteiger partial charge >= 0.3 is 0 Å². The molecule has 8 heteroatoms. The van der Waals surface area contributed by atoms with E-state index >= 15 is 0 Å². The van der Waals surface area contributed by atoms with E-state index in [1.54, 1.807) is 10.4 Å². The van der Waals surface area contributed by atoms with Crippen molar-refractivity contribution < 1.29 is 12.8 Å². The SMILES string of the molecule is CS(=O)(=O)N(Cc1nn(-c2ccccc2)c2c1CN(Cc1ccccc1F)CC2)CC1CC1. The molecule has 0 saturated heterocycles. The fraction of sp³-hybridized carbons (Fsp3) is 0.400. The van der Waals surface area contributed by atoms with Gasteiger partial charge in [0.05, 0.1) is 29.9 Å². The van der Waals surface area contributed by atoms with Gasteiger partial charge in [-0.05, 0) is 37.0 Å². The quantitative estimate of drug-likeness (QED) is 0.505. The van der Waals surface area contributed by atoms with Gasteiger partial charge in [-0.2, -0.15) is 9.40 Å². The largest absolute Gasteiger partial charge is 0.294 e. The minimum absolute atomic E-state index is 0.198. The molecule has 0 spiro atoms. The second kappa shape index (κ2) is 9.00. The van der Waals surface area contributed by atoms with E-state index in [2.05, 4.69) is 4.90 Å². The van der Waals surface area contributed by atoms with Crippen LogP contribution in [0.4, 0.5) is 4.39 Å². The molecule has 5 rings (SSSR count). The summed E-state index contributed by atoms with van der Waals surface area (Å²) in [5.74, 6) is 0.250. The third-order valence-electron chi connectivity index (χ3n) is 6.53. The Morgan fingerprint density at radius 1 is 1.09 bits per heavy atom. The highest BCUT2D eigenvalue weighted by Crippen LogP contribution is 2.32. The smallest absolute Gasteiger partial charge is 0.211 e. The van der Waals surface area contributed by atoms with E-state index in [0.29, 0.717) is 31.1 Å². The van der Waals surface area contributed by atoms with Gasteiger partial charge in [0.15, 0.2) is 0 Å². The standard InChI is InChI=1S/C25H29FN4O2S/c1-33(31,32)29(15-19-11-12-19)18-24-22-17-28(16-20-7-5-6-10-23(20)26)14-13-25(22)30(27-24)21-8-3-2-4-9-21/h2-10,19H,11-18H2,1H3. The van der Waals surface area contributed by atoms with Crippen LogP contribution in [0.5, 0.6) is 0 Å². The Morgan fingerprint density at radius 2 is 1.82 bits per heavy atom. The van der Waals surface area contributed by atoms with Gasteiger partial charge in [-0.25, -0.2) is 17.5 Å². The number of rotatable bonds is 8. The maximum Gasteiger partial charge on any atom is 0.211 e. The van der Waals surface area contributed by atoms with Gasteiger partial charge in [0.2, 0.25) is 10.0 Å². The number of halogens is 1. The summed E-state index contributed by atoms with van der Waals surface area (Å²) in [6, 6.07) is 16.8. The van der Waals surface area contributed by atoms with Crippen LogP contribution >= 0.6 is 0 Å². The Balaban J connectivity index is 1.48. The van der Waals surface area contributed by atoms with Crippen molar-refractivity contribution in [2.75, 3.05) is 19.3 Å². The highest BCUT2D eigenvalue weighted by Gasteiger charge is 2.32. The molecule has 3 aromatic rings. The molecule has 0 radical (unpaired) electrons. The minimum Gasteiger partial charge on any atom is -0.294 e. The molecule has 0 N–H and O–H groups in total. The highest BCUT2D eigenvalue weighted by atomic mass is 32.2. The average Bonchev–Trinajstić information content (AvgIpc) is 3.55. The number of sulfonamides is 1. The zero-order chi connectivity index (χ0) is 23.0. The van der Waals surface area contributed by atoms with Crippen molar-refractivity contribution in [3.63, 3.8) is 0 Å². The van der Waals surface area contributed by atoms with Crippen LogP contribution < -0.4 is 0 Å². The summed E-state index contributed by atoms with van der Waals surface area (Å²) in [5.41, 5.74) is 4.60. The third kappa shape index (κ3) is 5.03. The number of para-hydroxylation sites is 1. The molecule has 0 bridgehead atoms. The first kappa shape index (κ1) is 22.3. The monoisotopic (exact) mass is 468 g/mol. The lowest BCUT2D eigenvalue weighted by molar-refractivity contribution is 0.239. The van der Waals surface area contributed by atoms with E-state index in [-0.39, 0.29) is 12.4 Å². The molecule has 1 fully saturated rings. The third-order valence-corrected chi connectivity index (χ3v) is 7.74. The molecular weight excluding hydrogens is 439 g/mol. The Hall–Kier alpha value is -2.55. The minimum atomic E-state index is -3.35. The van der Waals surface area contributed by atoms with E-state index < -0.39 is 10.0 Å². The number of hydrogen-bond acceptors (Lipinski definition) is 4. The van der Waals surface area contributed by atoms with E-state index in [4.69, 9.17) is 5.10 Å². The first-order valence-corrected chi connectivity index (χ1v) is 13.3. The first-order chi connectivity index (χ1) is 15.9. The Bertz CT molecular complexity index is 1240. The molecule has 33 heavy (non-hydrogen) atoms. The molecule has 2 heterocycles. The second-order valence-electron chi connectivity index (χ2n) is 9.17. The Labute approximate surface area is 194 Å². The van der Waals surface area contributed by atoms with E-state index in [1.165, 1.54) is 12.3 Å². The summed E-state index contributed by atoms with van der Waals surface area (Å²) in [4.78, 5) is 2.22. The van der Waals surface area contributed by atoms with Gasteiger partial charge in [-0.15, -0.1) is 0 Å². The molecule has 2 aromatic carbocycles. The second-order valence-corrected chi connectivity index (χ2v) is 11.2. The summed E-state index contributed by atoms with van der Waals surface area (Å²) < 4.78 is 42.8.